The molecular weight excluding hydrogens is 482 g/mol. The van der Waals surface area contributed by atoms with Crippen LogP contribution in [0.1, 0.15) is 65.8 Å². The van der Waals surface area contributed by atoms with Gasteiger partial charge in [0.1, 0.15) is 24.5 Å². The van der Waals surface area contributed by atoms with Crippen molar-refractivity contribution in [3.05, 3.63) is 77.2 Å². The van der Waals surface area contributed by atoms with Crippen molar-refractivity contribution in [1.29, 1.82) is 0 Å². The Morgan fingerprint density at radius 2 is 1.72 bits per heavy atom. The fourth-order valence-electron chi connectivity index (χ4n) is 5.58. The third kappa shape index (κ3) is 4.24. The number of hydrogen-bond donors (Lipinski definition) is 2. The molecule has 3 heterocycles. The summed E-state index contributed by atoms with van der Waals surface area (Å²) >= 11 is 0. The van der Waals surface area contributed by atoms with E-state index in [-0.39, 0.29) is 0 Å². The first-order valence-electron chi connectivity index (χ1n) is 13.7. The zero-order valence-corrected chi connectivity index (χ0v) is 23.7. The average Bonchev–Trinajstić information content (AvgIpc) is 3.38. The molecule has 39 heavy (non-hydrogen) atoms. The second-order valence-electron chi connectivity index (χ2n) is 11.4. The summed E-state index contributed by atoms with van der Waals surface area (Å²) in [5.74, 6) is 2.57. The van der Waals surface area contributed by atoms with E-state index in [9.17, 15) is 0 Å². The first kappa shape index (κ1) is 25.1. The van der Waals surface area contributed by atoms with Gasteiger partial charge in [-0.1, -0.05) is 51.5 Å². The monoisotopic (exact) mass is 517 g/mol. The van der Waals surface area contributed by atoms with Gasteiger partial charge in [-0.15, -0.1) is 0 Å². The number of rotatable bonds is 5. The summed E-state index contributed by atoms with van der Waals surface area (Å²) in [7, 11) is 0. The smallest absolute Gasteiger partial charge is 0.129 e. The summed E-state index contributed by atoms with van der Waals surface area (Å²) in [5, 5.41) is 6.96. The van der Waals surface area contributed by atoms with Crippen LogP contribution in [-0.4, -0.2) is 26.5 Å². The molecule has 0 radical (unpaired) electrons. The Kier molecular flexibility index (Phi) is 6.13. The van der Waals surface area contributed by atoms with Gasteiger partial charge in [0.05, 0.1) is 22.2 Å². The Bertz CT molecular complexity index is 1820. The average molecular weight is 518 g/mol. The number of ether oxygens (including phenoxy) is 1. The number of aromatic amines is 1. The maximum Gasteiger partial charge on any atom is 0.129 e. The molecule has 0 amide bonds. The lowest BCUT2D eigenvalue weighted by molar-refractivity contribution is 0.345. The van der Waals surface area contributed by atoms with Crippen LogP contribution in [-0.2, 0) is 0 Å². The highest BCUT2D eigenvalue weighted by atomic mass is 16.5. The van der Waals surface area contributed by atoms with Gasteiger partial charge in [0, 0.05) is 34.1 Å². The van der Waals surface area contributed by atoms with Crippen molar-refractivity contribution in [2.24, 2.45) is 5.92 Å². The SMILES string of the molecule is CC(C)=C(NC1=C(C)COc2cc(-c3ccc4c(c3)c3cncnc3c3[nH]c(C(C)C)nc43)ccc21)C(C)C. The fraction of sp³-hybridized carbons (Fsp3) is 0.303. The molecule has 3 aromatic carbocycles. The van der Waals surface area contributed by atoms with Crippen molar-refractivity contribution in [3.8, 4) is 16.9 Å². The van der Waals surface area contributed by atoms with Gasteiger partial charge in [0.2, 0.25) is 0 Å². The van der Waals surface area contributed by atoms with Gasteiger partial charge in [-0.3, -0.25) is 0 Å². The number of allylic oxidation sites excluding steroid dienone is 2. The summed E-state index contributed by atoms with van der Waals surface area (Å²) in [6, 6.07) is 13.1. The number of nitrogens with zero attached hydrogens (tertiary/aromatic N) is 3. The summed E-state index contributed by atoms with van der Waals surface area (Å²) in [4.78, 5) is 17.5. The van der Waals surface area contributed by atoms with Crippen LogP contribution in [0.4, 0.5) is 0 Å². The summed E-state index contributed by atoms with van der Waals surface area (Å²) < 4.78 is 6.22. The van der Waals surface area contributed by atoms with Crippen molar-refractivity contribution in [2.75, 3.05) is 6.61 Å². The Morgan fingerprint density at radius 3 is 2.46 bits per heavy atom. The van der Waals surface area contributed by atoms with Crippen molar-refractivity contribution in [3.63, 3.8) is 0 Å². The maximum atomic E-state index is 6.22. The minimum absolute atomic E-state index is 0.296. The molecule has 0 saturated heterocycles. The lowest BCUT2D eigenvalue weighted by Gasteiger charge is -2.27. The summed E-state index contributed by atoms with van der Waals surface area (Å²) in [5.41, 5.74) is 11.1. The molecule has 1 aliphatic heterocycles. The van der Waals surface area contributed by atoms with E-state index in [0.29, 0.717) is 18.4 Å². The number of fused-ring (bicyclic) bond motifs is 7. The number of imidazole rings is 1. The van der Waals surface area contributed by atoms with Crippen molar-refractivity contribution in [1.82, 2.24) is 25.3 Å². The molecule has 6 nitrogen and oxygen atoms in total. The second-order valence-corrected chi connectivity index (χ2v) is 11.4. The first-order valence-corrected chi connectivity index (χ1v) is 13.7. The first-order chi connectivity index (χ1) is 18.7. The largest absolute Gasteiger partial charge is 0.488 e. The van der Waals surface area contributed by atoms with E-state index in [0.717, 1.165) is 66.7 Å². The molecule has 0 bridgehead atoms. The summed E-state index contributed by atoms with van der Waals surface area (Å²) in [6.45, 7) is 15.8. The van der Waals surface area contributed by atoms with Crippen molar-refractivity contribution < 1.29 is 4.74 Å². The van der Waals surface area contributed by atoms with E-state index in [1.54, 1.807) is 6.33 Å². The highest BCUT2D eigenvalue weighted by Gasteiger charge is 2.21. The zero-order valence-electron chi connectivity index (χ0n) is 23.7. The van der Waals surface area contributed by atoms with Gasteiger partial charge in [-0.2, -0.15) is 0 Å². The van der Waals surface area contributed by atoms with Crippen molar-refractivity contribution >= 4 is 38.4 Å². The van der Waals surface area contributed by atoms with E-state index in [1.165, 1.54) is 16.8 Å². The third-order valence-electron chi connectivity index (χ3n) is 7.61. The number of hydrogen-bond acceptors (Lipinski definition) is 5. The van der Waals surface area contributed by atoms with Gasteiger partial charge in [0.15, 0.2) is 0 Å². The molecule has 0 spiro atoms. The van der Waals surface area contributed by atoms with E-state index in [2.05, 4.69) is 105 Å². The second kappa shape index (κ2) is 9.53. The lowest BCUT2D eigenvalue weighted by Crippen LogP contribution is -2.23. The Morgan fingerprint density at radius 1 is 0.949 bits per heavy atom. The van der Waals surface area contributed by atoms with Crippen LogP contribution in [0, 0.1) is 5.92 Å². The minimum Gasteiger partial charge on any atom is -0.488 e. The van der Waals surface area contributed by atoms with E-state index >= 15 is 0 Å². The molecule has 2 aromatic heterocycles. The predicted molar refractivity (Wildman–Crippen MR) is 161 cm³/mol. The van der Waals surface area contributed by atoms with Gasteiger partial charge in [-0.25, -0.2) is 15.0 Å². The highest BCUT2D eigenvalue weighted by Crippen LogP contribution is 2.39. The number of nitrogens with one attached hydrogen (secondary N) is 2. The Labute approximate surface area is 229 Å². The molecule has 0 fully saturated rings. The van der Waals surface area contributed by atoms with Crippen LogP contribution in [0.15, 0.2) is 65.8 Å². The number of benzene rings is 3. The van der Waals surface area contributed by atoms with Gasteiger partial charge in [-0.05, 0) is 67.0 Å². The van der Waals surface area contributed by atoms with Crippen LogP contribution in [0.5, 0.6) is 5.75 Å². The Balaban J connectivity index is 1.47. The summed E-state index contributed by atoms with van der Waals surface area (Å²) in [6.07, 6.45) is 3.51. The topological polar surface area (TPSA) is 75.7 Å². The van der Waals surface area contributed by atoms with Crippen LogP contribution in [0.25, 0.3) is 49.5 Å². The molecule has 2 N–H and O–H groups in total. The molecule has 5 aromatic rings. The molecule has 0 unspecified atom stereocenters. The zero-order chi connectivity index (χ0) is 27.4. The maximum absolute atomic E-state index is 6.22. The number of aromatic nitrogens is 4. The van der Waals surface area contributed by atoms with Gasteiger partial charge >= 0.3 is 0 Å². The fourth-order valence-corrected chi connectivity index (χ4v) is 5.58. The highest BCUT2D eigenvalue weighted by molar-refractivity contribution is 6.22. The third-order valence-corrected chi connectivity index (χ3v) is 7.61. The normalized spacial score (nSPS) is 13.5. The molecule has 6 heteroatoms. The molecule has 0 atom stereocenters. The van der Waals surface area contributed by atoms with Crippen LogP contribution in [0.2, 0.25) is 0 Å². The number of H-pyrrole nitrogens is 1. The minimum atomic E-state index is 0.296. The van der Waals surface area contributed by atoms with Gasteiger partial charge in [0.25, 0.3) is 0 Å². The lowest BCUT2D eigenvalue weighted by atomic mass is 9.95. The molecule has 0 aliphatic carbocycles. The van der Waals surface area contributed by atoms with E-state index in [4.69, 9.17) is 9.72 Å². The van der Waals surface area contributed by atoms with Gasteiger partial charge < -0.3 is 15.0 Å². The van der Waals surface area contributed by atoms with Crippen LogP contribution in [0.3, 0.4) is 0 Å². The molecular formula is C33H35N5O. The quantitative estimate of drug-likeness (QED) is 0.230. The predicted octanol–water partition coefficient (Wildman–Crippen LogP) is 8.11. The molecule has 1 aliphatic rings. The van der Waals surface area contributed by atoms with Crippen molar-refractivity contribution in [2.45, 2.75) is 54.4 Å². The standard InChI is InChI=1S/C33H35N5O/c1-17(2)28(18(3)4)36-29-20(7)15-39-27-13-22(9-11-24(27)29)21-8-10-23-25(12-21)26-14-34-16-35-30(26)32-31(23)37-33(38-32)19(5)6/h8-14,16-17,19,36H,15H2,1-7H3,(H,37,38). The molecule has 0 saturated carbocycles. The van der Waals surface area contributed by atoms with E-state index < -0.39 is 0 Å². The molecule has 198 valence electrons. The van der Waals surface area contributed by atoms with Crippen LogP contribution >= 0.6 is 0 Å². The van der Waals surface area contributed by atoms with Crippen LogP contribution < -0.4 is 10.1 Å². The van der Waals surface area contributed by atoms with E-state index in [1.807, 2.05) is 6.20 Å². The molecule has 6 rings (SSSR count). The Hall–Kier alpha value is -4.19.